The average molecular weight is 180 g/mol. The summed E-state index contributed by atoms with van der Waals surface area (Å²) in [6, 6.07) is 1.30. The van der Waals surface area contributed by atoms with E-state index in [-0.39, 0.29) is 5.56 Å². The van der Waals surface area contributed by atoms with Crippen molar-refractivity contribution in [1.29, 1.82) is 0 Å². The second kappa shape index (κ2) is 3.18. The lowest BCUT2D eigenvalue weighted by atomic mass is 10.1. The van der Waals surface area contributed by atoms with Crippen molar-refractivity contribution in [2.75, 3.05) is 18.8 Å². The number of nitrogens with zero attached hydrogens (tertiary/aromatic N) is 1. The van der Waals surface area contributed by atoms with Crippen molar-refractivity contribution >= 4 is 5.82 Å². The molecule has 2 rings (SSSR count). The van der Waals surface area contributed by atoms with Crippen LogP contribution in [-0.4, -0.2) is 23.1 Å². The van der Waals surface area contributed by atoms with Gasteiger partial charge < -0.3 is 16.0 Å². The van der Waals surface area contributed by atoms with Gasteiger partial charge in [0.2, 0.25) is 0 Å². The van der Waals surface area contributed by atoms with Crippen LogP contribution in [0.4, 0.5) is 5.82 Å². The summed E-state index contributed by atoms with van der Waals surface area (Å²) in [6.07, 6.45) is 1.01. The Labute approximate surface area is 75.4 Å². The Morgan fingerprint density at radius 1 is 1.62 bits per heavy atom. The van der Waals surface area contributed by atoms with Gasteiger partial charge in [0, 0.05) is 18.5 Å². The molecule has 70 valence electrons. The molecule has 4 N–H and O–H groups in total. The maximum absolute atomic E-state index is 11.1. The van der Waals surface area contributed by atoms with Crippen LogP contribution in [0, 0.1) is 0 Å². The van der Waals surface area contributed by atoms with Crippen LogP contribution < -0.4 is 16.6 Å². The van der Waals surface area contributed by atoms with Crippen LogP contribution in [0.15, 0.2) is 10.9 Å². The van der Waals surface area contributed by atoms with Gasteiger partial charge in [-0.1, -0.05) is 0 Å². The van der Waals surface area contributed by atoms with Crippen LogP contribution in [0.25, 0.3) is 0 Å². The fraction of sp³-hybridized carbons (Fsp3) is 0.500. The van der Waals surface area contributed by atoms with Gasteiger partial charge in [-0.05, 0) is 13.0 Å². The summed E-state index contributed by atoms with van der Waals surface area (Å²) in [5.74, 6) is 1.30. The van der Waals surface area contributed by atoms with Crippen molar-refractivity contribution in [3.8, 4) is 0 Å². The highest BCUT2D eigenvalue weighted by atomic mass is 16.1. The van der Waals surface area contributed by atoms with E-state index < -0.39 is 0 Å². The zero-order chi connectivity index (χ0) is 9.26. The van der Waals surface area contributed by atoms with E-state index in [0.717, 1.165) is 19.5 Å². The van der Waals surface area contributed by atoms with E-state index in [1.54, 1.807) is 0 Å². The van der Waals surface area contributed by atoms with Gasteiger partial charge >= 0.3 is 0 Å². The van der Waals surface area contributed by atoms with E-state index in [1.807, 2.05) is 0 Å². The van der Waals surface area contributed by atoms with Crippen molar-refractivity contribution < 1.29 is 0 Å². The molecule has 2 heterocycles. The van der Waals surface area contributed by atoms with E-state index in [0.29, 0.717) is 17.6 Å². The summed E-state index contributed by atoms with van der Waals surface area (Å²) in [5, 5.41) is 3.21. The molecule has 0 aliphatic carbocycles. The maximum Gasteiger partial charge on any atom is 0.252 e. The summed E-state index contributed by atoms with van der Waals surface area (Å²) in [6.45, 7) is 1.84. The lowest BCUT2D eigenvalue weighted by molar-refractivity contribution is 0.699. The first kappa shape index (κ1) is 8.25. The molecule has 0 aromatic carbocycles. The normalized spacial score (nSPS) is 22.0. The second-order valence-corrected chi connectivity index (χ2v) is 3.25. The molecule has 1 aliphatic heterocycles. The first-order valence-electron chi connectivity index (χ1n) is 4.33. The molecule has 1 saturated heterocycles. The van der Waals surface area contributed by atoms with Crippen molar-refractivity contribution in [3.63, 3.8) is 0 Å². The lowest BCUT2D eigenvalue weighted by Gasteiger charge is -2.06. The molecule has 0 saturated carbocycles. The molecule has 5 heteroatoms. The molecular weight excluding hydrogens is 168 g/mol. The Balaban J connectivity index is 2.33. The molecule has 13 heavy (non-hydrogen) atoms. The Morgan fingerprint density at radius 3 is 3.08 bits per heavy atom. The number of nitrogens with two attached hydrogens (primary N) is 1. The molecule has 1 aliphatic rings. The number of nitrogens with one attached hydrogen (secondary N) is 2. The van der Waals surface area contributed by atoms with Crippen LogP contribution >= 0.6 is 0 Å². The molecule has 1 unspecified atom stereocenters. The number of rotatable bonds is 1. The van der Waals surface area contributed by atoms with Crippen molar-refractivity contribution in [1.82, 2.24) is 15.3 Å². The largest absolute Gasteiger partial charge is 0.383 e. The average Bonchev–Trinajstić information content (AvgIpc) is 2.53. The summed E-state index contributed by atoms with van der Waals surface area (Å²) < 4.78 is 0. The molecule has 0 radical (unpaired) electrons. The van der Waals surface area contributed by atoms with Crippen LogP contribution in [0.2, 0.25) is 0 Å². The predicted molar refractivity (Wildman–Crippen MR) is 49.5 cm³/mol. The SMILES string of the molecule is Nc1cc(=O)[nH]c(C2CCNC2)n1. The first-order valence-corrected chi connectivity index (χ1v) is 4.33. The van der Waals surface area contributed by atoms with Gasteiger partial charge in [-0.15, -0.1) is 0 Å². The van der Waals surface area contributed by atoms with Crippen molar-refractivity contribution in [2.45, 2.75) is 12.3 Å². The third-order valence-corrected chi connectivity index (χ3v) is 2.23. The van der Waals surface area contributed by atoms with Crippen LogP contribution in [0.5, 0.6) is 0 Å². The van der Waals surface area contributed by atoms with Crippen LogP contribution in [0.3, 0.4) is 0 Å². The standard InChI is InChI=1S/C8H12N4O/c9-6-3-7(13)12-8(11-6)5-1-2-10-4-5/h3,5,10H,1-2,4H2,(H3,9,11,12,13). The van der Waals surface area contributed by atoms with Gasteiger partial charge in [-0.2, -0.15) is 0 Å². The van der Waals surface area contributed by atoms with Gasteiger partial charge in [0.25, 0.3) is 5.56 Å². The fourth-order valence-corrected chi connectivity index (χ4v) is 1.58. The second-order valence-electron chi connectivity index (χ2n) is 3.25. The molecule has 1 fully saturated rings. The van der Waals surface area contributed by atoms with Crippen molar-refractivity contribution in [2.24, 2.45) is 0 Å². The fourth-order valence-electron chi connectivity index (χ4n) is 1.58. The molecular formula is C8H12N4O. The minimum absolute atomic E-state index is 0.172. The number of aromatic nitrogens is 2. The van der Waals surface area contributed by atoms with Gasteiger partial charge in [0.15, 0.2) is 0 Å². The monoisotopic (exact) mass is 180 g/mol. The molecule has 1 atom stereocenters. The van der Waals surface area contributed by atoms with E-state index in [4.69, 9.17) is 5.73 Å². The third kappa shape index (κ3) is 1.70. The summed E-state index contributed by atoms with van der Waals surface area (Å²) in [4.78, 5) is 17.9. The molecule has 0 bridgehead atoms. The number of nitrogen functional groups attached to an aromatic ring is 1. The third-order valence-electron chi connectivity index (χ3n) is 2.23. The highest BCUT2D eigenvalue weighted by Gasteiger charge is 2.18. The topological polar surface area (TPSA) is 83.8 Å². The number of aromatic amines is 1. The number of hydrogen-bond acceptors (Lipinski definition) is 4. The zero-order valence-electron chi connectivity index (χ0n) is 7.21. The zero-order valence-corrected chi connectivity index (χ0v) is 7.21. The quantitative estimate of drug-likeness (QED) is 0.540. The summed E-state index contributed by atoms with van der Waals surface area (Å²) in [5.41, 5.74) is 5.30. The van der Waals surface area contributed by atoms with E-state index in [2.05, 4.69) is 15.3 Å². The molecule has 0 spiro atoms. The number of anilines is 1. The van der Waals surface area contributed by atoms with Gasteiger partial charge in [-0.25, -0.2) is 4.98 Å². The minimum atomic E-state index is -0.172. The lowest BCUT2D eigenvalue weighted by Crippen LogP contribution is -2.17. The van der Waals surface area contributed by atoms with E-state index >= 15 is 0 Å². The highest BCUT2D eigenvalue weighted by Crippen LogP contribution is 2.17. The number of hydrogen-bond donors (Lipinski definition) is 3. The highest BCUT2D eigenvalue weighted by molar-refractivity contribution is 5.26. The smallest absolute Gasteiger partial charge is 0.252 e. The first-order chi connectivity index (χ1) is 6.25. The van der Waals surface area contributed by atoms with Crippen LogP contribution in [-0.2, 0) is 0 Å². The Bertz CT molecular complexity index is 353. The van der Waals surface area contributed by atoms with Gasteiger partial charge in [-0.3, -0.25) is 4.79 Å². The number of H-pyrrole nitrogens is 1. The minimum Gasteiger partial charge on any atom is -0.383 e. The van der Waals surface area contributed by atoms with Gasteiger partial charge in [0.05, 0.1) is 0 Å². The summed E-state index contributed by atoms with van der Waals surface area (Å²) in [7, 11) is 0. The molecule has 0 amide bonds. The summed E-state index contributed by atoms with van der Waals surface area (Å²) >= 11 is 0. The Morgan fingerprint density at radius 2 is 2.46 bits per heavy atom. The van der Waals surface area contributed by atoms with Crippen molar-refractivity contribution in [3.05, 3.63) is 22.2 Å². The maximum atomic E-state index is 11.1. The predicted octanol–water partition coefficient (Wildman–Crippen LogP) is -0.571. The van der Waals surface area contributed by atoms with Gasteiger partial charge in [0.1, 0.15) is 11.6 Å². The molecule has 1 aromatic heterocycles. The van der Waals surface area contributed by atoms with Crippen LogP contribution in [0.1, 0.15) is 18.2 Å². The Kier molecular flexibility index (Phi) is 2.02. The Hall–Kier alpha value is -1.36. The molecule has 1 aromatic rings. The van der Waals surface area contributed by atoms with E-state index in [9.17, 15) is 4.79 Å². The van der Waals surface area contributed by atoms with E-state index in [1.165, 1.54) is 6.07 Å². The molecule has 5 nitrogen and oxygen atoms in total.